The Morgan fingerprint density at radius 3 is 2.89 bits per heavy atom. The molecule has 28 heavy (non-hydrogen) atoms. The SMILES string of the molecule is Fc1ccc(F)c([C@H]2CCCN2c2ccc3nccc(-c4cn[nH]c4)c3n2)c1. The van der Waals surface area contributed by atoms with E-state index in [9.17, 15) is 8.78 Å². The highest BCUT2D eigenvalue weighted by Crippen LogP contribution is 2.37. The van der Waals surface area contributed by atoms with E-state index in [4.69, 9.17) is 4.98 Å². The number of aromatic nitrogens is 4. The number of rotatable bonds is 3. The molecule has 3 aromatic heterocycles. The predicted octanol–water partition coefficient (Wildman–Crippen LogP) is 4.64. The number of fused-ring (bicyclic) bond motifs is 1. The third-order valence-electron chi connectivity index (χ3n) is 5.24. The van der Waals surface area contributed by atoms with Gasteiger partial charge in [-0.05, 0) is 49.2 Å². The Balaban J connectivity index is 1.60. The van der Waals surface area contributed by atoms with Gasteiger partial charge in [0.2, 0.25) is 0 Å². The molecule has 1 aromatic carbocycles. The van der Waals surface area contributed by atoms with Crippen molar-refractivity contribution in [3.8, 4) is 11.1 Å². The Kier molecular flexibility index (Phi) is 4.00. The van der Waals surface area contributed by atoms with E-state index in [0.29, 0.717) is 5.56 Å². The third-order valence-corrected chi connectivity index (χ3v) is 5.24. The number of anilines is 1. The molecule has 140 valence electrons. The van der Waals surface area contributed by atoms with Crippen molar-refractivity contribution in [2.24, 2.45) is 0 Å². The summed E-state index contributed by atoms with van der Waals surface area (Å²) in [7, 11) is 0. The van der Waals surface area contributed by atoms with E-state index in [1.165, 1.54) is 12.1 Å². The average Bonchev–Trinajstić information content (AvgIpc) is 3.41. The van der Waals surface area contributed by atoms with Crippen molar-refractivity contribution in [2.75, 3.05) is 11.4 Å². The number of benzene rings is 1. The van der Waals surface area contributed by atoms with E-state index in [0.717, 1.165) is 53.4 Å². The molecular formula is C21H17F2N5. The Labute approximate surface area is 160 Å². The molecule has 0 aliphatic carbocycles. The highest BCUT2D eigenvalue weighted by atomic mass is 19.1. The maximum absolute atomic E-state index is 14.4. The van der Waals surface area contributed by atoms with Crippen LogP contribution in [0.1, 0.15) is 24.4 Å². The van der Waals surface area contributed by atoms with Gasteiger partial charge in [0.25, 0.3) is 0 Å². The van der Waals surface area contributed by atoms with Gasteiger partial charge in [0.1, 0.15) is 17.5 Å². The predicted molar refractivity (Wildman–Crippen MR) is 103 cm³/mol. The number of hydrogen-bond acceptors (Lipinski definition) is 4. The van der Waals surface area contributed by atoms with Crippen LogP contribution in [0.25, 0.3) is 22.2 Å². The Hall–Kier alpha value is -3.35. The van der Waals surface area contributed by atoms with E-state index in [1.54, 1.807) is 12.4 Å². The van der Waals surface area contributed by atoms with Gasteiger partial charge >= 0.3 is 0 Å². The first-order chi connectivity index (χ1) is 13.7. The van der Waals surface area contributed by atoms with E-state index < -0.39 is 5.82 Å². The van der Waals surface area contributed by atoms with Crippen molar-refractivity contribution in [1.82, 2.24) is 20.2 Å². The summed E-state index contributed by atoms with van der Waals surface area (Å²) in [4.78, 5) is 11.3. The summed E-state index contributed by atoms with van der Waals surface area (Å²) in [5.74, 6) is -0.0857. The fourth-order valence-corrected chi connectivity index (χ4v) is 3.94. The van der Waals surface area contributed by atoms with Crippen LogP contribution < -0.4 is 4.90 Å². The van der Waals surface area contributed by atoms with Crippen LogP contribution in [0.3, 0.4) is 0 Å². The minimum absolute atomic E-state index is 0.241. The van der Waals surface area contributed by atoms with Gasteiger partial charge in [-0.2, -0.15) is 5.10 Å². The Bertz CT molecular complexity index is 1140. The van der Waals surface area contributed by atoms with Gasteiger partial charge in [-0.25, -0.2) is 13.8 Å². The second-order valence-corrected chi connectivity index (χ2v) is 6.90. The van der Waals surface area contributed by atoms with Crippen molar-refractivity contribution < 1.29 is 8.78 Å². The van der Waals surface area contributed by atoms with Crippen LogP contribution in [-0.4, -0.2) is 26.7 Å². The molecule has 0 radical (unpaired) electrons. The molecule has 0 spiro atoms. The third kappa shape index (κ3) is 2.79. The molecule has 1 atom stereocenters. The second-order valence-electron chi connectivity index (χ2n) is 6.90. The molecule has 4 aromatic rings. The molecular weight excluding hydrogens is 360 g/mol. The molecule has 4 heterocycles. The zero-order valence-corrected chi connectivity index (χ0v) is 14.9. The molecule has 1 fully saturated rings. The first-order valence-electron chi connectivity index (χ1n) is 9.17. The van der Waals surface area contributed by atoms with Gasteiger partial charge in [0.15, 0.2) is 0 Å². The summed E-state index contributed by atoms with van der Waals surface area (Å²) in [6, 6.07) is 9.10. The number of halogens is 2. The highest BCUT2D eigenvalue weighted by Gasteiger charge is 2.29. The lowest BCUT2D eigenvalue weighted by Gasteiger charge is -2.26. The molecule has 7 heteroatoms. The largest absolute Gasteiger partial charge is 0.349 e. The monoisotopic (exact) mass is 377 g/mol. The van der Waals surface area contributed by atoms with Crippen molar-refractivity contribution in [3.63, 3.8) is 0 Å². The number of H-pyrrole nitrogens is 1. The molecule has 1 aliphatic rings. The molecule has 1 saturated heterocycles. The fraction of sp³-hybridized carbons (Fsp3) is 0.190. The fourth-order valence-electron chi connectivity index (χ4n) is 3.94. The van der Waals surface area contributed by atoms with E-state index in [2.05, 4.69) is 15.2 Å². The first-order valence-corrected chi connectivity index (χ1v) is 9.17. The van der Waals surface area contributed by atoms with Crippen molar-refractivity contribution in [2.45, 2.75) is 18.9 Å². The van der Waals surface area contributed by atoms with Gasteiger partial charge in [-0.3, -0.25) is 10.1 Å². The van der Waals surface area contributed by atoms with Crippen LogP contribution in [0.4, 0.5) is 14.6 Å². The highest BCUT2D eigenvalue weighted by molar-refractivity contribution is 5.91. The average molecular weight is 377 g/mol. The maximum Gasteiger partial charge on any atom is 0.129 e. The van der Waals surface area contributed by atoms with Crippen LogP contribution in [0.15, 0.2) is 55.0 Å². The summed E-state index contributed by atoms with van der Waals surface area (Å²) < 4.78 is 28.1. The van der Waals surface area contributed by atoms with Crippen LogP contribution in [0.2, 0.25) is 0 Å². The molecule has 5 nitrogen and oxygen atoms in total. The molecule has 1 N–H and O–H groups in total. The number of nitrogens with one attached hydrogen (secondary N) is 1. The van der Waals surface area contributed by atoms with Crippen LogP contribution >= 0.6 is 0 Å². The zero-order chi connectivity index (χ0) is 19.1. The van der Waals surface area contributed by atoms with Crippen molar-refractivity contribution in [3.05, 3.63) is 72.2 Å². The minimum Gasteiger partial charge on any atom is -0.349 e. The molecule has 0 bridgehead atoms. The van der Waals surface area contributed by atoms with Gasteiger partial charge < -0.3 is 4.90 Å². The molecule has 5 rings (SSSR count). The lowest BCUT2D eigenvalue weighted by atomic mass is 10.0. The number of aromatic amines is 1. The molecule has 0 saturated carbocycles. The summed E-state index contributed by atoms with van der Waals surface area (Å²) >= 11 is 0. The van der Waals surface area contributed by atoms with Crippen molar-refractivity contribution in [1.29, 1.82) is 0 Å². The lowest BCUT2D eigenvalue weighted by molar-refractivity contribution is 0.560. The lowest BCUT2D eigenvalue weighted by Crippen LogP contribution is -2.24. The van der Waals surface area contributed by atoms with Crippen LogP contribution in [-0.2, 0) is 0 Å². The quantitative estimate of drug-likeness (QED) is 0.565. The minimum atomic E-state index is -0.429. The Morgan fingerprint density at radius 2 is 2.04 bits per heavy atom. The molecule has 1 aliphatic heterocycles. The van der Waals surface area contributed by atoms with E-state index in [1.807, 2.05) is 29.3 Å². The van der Waals surface area contributed by atoms with Gasteiger partial charge in [0.05, 0.1) is 23.3 Å². The van der Waals surface area contributed by atoms with Gasteiger partial charge in [-0.1, -0.05) is 0 Å². The molecule has 0 amide bonds. The van der Waals surface area contributed by atoms with Crippen LogP contribution in [0, 0.1) is 11.6 Å². The van der Waals surface area contributed by atoms with Crippen LogP contribution in [0.5, 0.6) is 0 Å². The summed E-state index contributed by atoms with van der Waals surface area (Å²) in [6.45, 7) is 0.737. The van der Waals surface area contributed by atoms with E-state index in [-0.39, 0.29) is 11.9 Å². The van der Waals surface area contributed by atoms with Gasteiger partial charge in [-0.15, -0.1) is 0 Å². The summed E-state index contributed by atoms with van der Waals surface area (Å²) in [5.41, 5.74) is 3.75. The van der Waals surface area contributed by atoms with E-state index >= 15 is 0 Å². The van der Waals surface area contributed by atoms with Gasteiger partial charge in [0, 0.05) is 35.6 Å². The Morgan fingerprint density at radius 1 is 1.11 bits per heavy atom. The maximum atomic E-state index is 14.4. The smallest absolute Gasteiger partial charge is 0.129 e. The summed E-state index contributed by atoms with van der Waals surface area (Å²) in [6.07, 6.45) is 6.93. The summed E-state index contributed by atoms with van der Waals surface area (Å²) in [5, 5.41) is 6.83. The number of nitrogens with zero attached hydrogens (tertiary/aromatic N) is 4. The normalized spacial score (nSPS) is 16.8. The number of hydrogen-bond donors (Lipinski definition) is 1. The second kappa shape index (κ2) is 6.67. The molecule has 0 unspecified atom stereocenters. The topological polar surface area (TPSA) is 57.7 Å². The first kappa shape index (κ1) is 16.8. The zero-order valence-electron chi connectivity index (χ0n) is 14.9. The standard InChI is InChI=1S/C21H17F2N5/c22-14-3-4-17(23)16(10-14)19-2-1-9-28(19)20-6-5-18-21(27-20)15(7-8-24-18)13-11-25-26-12-13/h3-8,10-12,19H,1-2,9H2,(H,25,26)/t19-/m1/s1. The number of pyridine rings is 2. The van der Waals surface area contributed by atoms with Crippen molar-refractivity contribution >= 4 is 16.9 Å².